The normalized spacial score (nSPS) is 22.5. The van der Waals surface area contributed by atoms with Crippen molar-refractivity contribution in [2.45, 2.75) is 126 Å². The lowest BCUT2D eigenvalue weighted by Crippen LogP contribution is -2.61. The van der Waals surface area contributed by atoms with Gasteiger partial charge in [0.15, 0.2) is 5.96 Å². The Labute approximate surface area is 509 Å². The summed E-state index contributed by atoms with van der Waals surface area (Å²) in [6.45, 7) is 1.65. The third-order valence-corrected chi connectivity index (χ3v) is 16.9. The fourth-order valence-corrected chi connectivity index (χ4v) is 12.2. The van der Waals surface area contributed by atoms with Gasteiger partial charge in [0.1, 0.15) is 48.3 Å². The number of nitrogens with one attached hydrogen (secondary N) is 10. The van der Waals surface area contributed by atoms with E-state index in [-0.39, 0.29) is 82.2 Å². The second-order valence-corrected chi connectivity index (χ2v) is 23.7. The van der Waals surface area contributed by atoms with Crippen molar-refractivity contribution in [3.63, 3.8) is 0 Å². The van der Waals surface area contributed by atoms with Crippen LogP contribution in [0.15, 0.2) is 78.3 Å². The number of imidazole rings is 1. The lowest BCUT2D eigenvalue weighted by Gasteiger charge is -2.28. The van der Waals surface area contributed by atoms with E-state index in [0.717, 1.165) is 28.5 Å². The Bertz CT molecular complexity index is 3070. The number of carbonyl (C=O) groups excluding carboxylic acids is 10. The standard InChI is InChI=1S/C56H77N17O12S2/c1-31(74)65-44-28-86-87-29-45(54(84)68-40(14-7-8-19-57)55(85)73-21-18-33(27-73)47(58)77)72-51(81)42(23-34-25-63-37-13-6-5-12-36(34)37)70-48(78)38(15-9-20-62-56(59)60)66-50(80)41(22-32-10-3-2-4-11-32)69-52(82)43(24-35-26-61-30-64-35)71-49(79)39(67-53(44)83)16-17-46(75)76/h2-6,10-13,25-26,30,33,38-45,63H,7-9,14-24,27-29,57H2,1H3,(H2,58,77)(H,61,64)(H,65,74)(H,66,80)(H,67,83)(H,68,84)(H,69,82)(H,70,78)(H,71,79)(H,72,81)(H,75,76)(H4,59,60,62)/t33-,38-,39-,40-,41+,42-,43-,44-,45-/m0/s1. The predicted octanol–water partition coefficient (Wildman–Crippen LogP) is -2.41. The molecular formula is C56H77N17O12S2. The number of fused-ring (bicyclic) bond motifs is 1. The van der Waals surface area contributed by atoms with Crippen LogP contribution in [0.2, 0.25) is 0 Å². The number of aromatic amines is 2. The number of carboxylic acid groups (broad SMARTS) is 1. The molecule has 470 valence electrons. The van der Waals surface area contributed by atoms with Gasteiger partial charge in [-0.05, 0) is 68.7 Å². The van der Waals surface area contributed by atoms with Crippen molar-refractivity contribution >= 4 is 103 Å². The van der Waals surface area contributed by atoms with Gasteiger partial charge >= 0.3 is 5.97 Å². The van der Waals surface area contributed by atoms with Crippen molar-refractivity contribution < 1.29 is 57.8 Å². The zero-order valence-corrected chi connectivity index (χ0v) is 49.7. The first-order valence-electron chi connectivity index (χ1n) is 28.4. The molecule has 0 aliphatic carbocycles. The summed E-state index contributed by atoms with van der Waals surface area (Å²) in [5.41, 5.74) is 24.9. The molecule has 2 aromatic carbocycles. The molecule has 31 heteroatoms. The number of likely N-dealkylation sites (tertiary alicyclic amines) is 1. The molecule has 6 rings (SSSR count). The Kier molecular flexibility index (Phi) is 26.2. The van der Waals surface area contributed by atoms with Gasteiger partial charge in [-0.25, -0.2) is 4.98 Å². The number of aliphatic carboxylic acids is 1. The maximum Gasteiger partial charge on any atom is 0.303 e. The fourth-order valence-electron chi connectivity index (χ4n) is 9.84. The Morgan fingerprint density at radius 2 is 1.36 bits per heavy atom. The third kappa shape index (κ3) is 21.3. The number of benzene rings is 2. The van der Waals surface area contributed by atoms with E-state index >= 15 is 9.59 Å². The number of rotatable bonds is 22. The number of primary amides is 1. The molecule has 4 aromatic rings. The molecule has 2 aliphatic heterocycles. The highest BCUT2D eigenvalue weighted by Crippen LogP contribution is 2.25. The maximum absolute atomic E-state index is 15.1. The van der Waals surface area contributed by atoms with Gasteiger partial charge in [0, 0.05) is 92.7 Å². The average molecular weight is 1240 g/mol. The second-order valence-electron chi connectivity index (χ2n) is 21.1. The first-order valence-corrected chi connectivity index (χ1v) is 30.9. The van der Waals surface area contributed by atoms with Gasteiger partial charge in [-0.1, -0.05) is 70.1 Å². The van der Waals surface area contributed by atoms with E-state index in [1.54, 1.807) is 54.7 Å². The summed E-state index contributed by atoms with van der Waals surface area (Å²) in [7, 11) is 1.95. The molecule has 87 heavy (non-hydrogen) atoms. The molecule has 4 heterocycles. The van der Waals surface area contributed by atoms with Crippen LogP contribution >= 0.6 is 21.6 Å². The van der Waals surface area contributed by atoms with Crippen LogP contribution in [0.4, 0.5) is 0 Å². The number of amides is 10. The Morgan fingerprint density at radius 3 is 2.00 bits per heavy atom. The van der Waals surface area contributed by atoms with Gasteiger partial charge < -0.3 is 85.4 Å². The van der Waals surface area contributed by atoms with Crippen molar-refractivity contribution in [1.29, 1.82) is 0 Å². The first-order chi connectivity index (χ1) is 41.7. The van der Waals surface area contributed by atoms with E-state index in [1.807, 2.05) is 6.07 Å². The van der Waals surface area contributed by atoms with E-state index in [1.165, 1.54) is 17.4 Å². The summed E-state index contributed by atoms with van der Waals surface area (Å²) in [5, 5.41) is 32.0. The van der Waals surface area contributed by atoms with Crippen LogP contribution in [0.5, 0.6) is 0 Å². The van der Waals surface area contributed by atoms with Crippen molar-refractivity contribution in [2.75, 3.05) is 37.7 Å². The summed E-state index contributed by atoms with van der Waals surface area (Å²) in [5.74, 6) is -10.7. The summed E-state index contributed by atoms with van der Waals surface area (Å²) >= 11 is 0. The van der Waals surface area contributed by atoms with Gasteiger partial charge in [-0.2, -0.15) is 0 Å². The minimum Gasteiger partial charge on any atom is -0.481 e. The molecule has 0 radical (unpaired) electrons. The lowest BCUT2D eigenvalue weighted by molar-refractivity contribution is -0.138. The van der Waals surface area contributed by atoms with Gasteiger partial charge in [0.2, 0.25) is 59.1 Å². The topological polar surface area (TPSA) is 468 Å². The van der Waals surface area contributed by atoms with Gasteiger partial charge in [-0.15, -0.1) is 0 Å². The Hall–Kier alpha value is -8.71. The first kappa shape index (κ1) is 67.4. The van der Waals surface area contributed by atoms with Crippen molar-refractivity contribution in [1.82, 2.24) is 62.4 Å². The highest BCUT2D eigenvalue weighted by molar-refractivity contribution is 8.76. The molecule has 2 aromatic heterocycles. The molecule has 0 unspecified atom stereocenters. The molecule has 19 N–H and O–H groups in total. The number of carbonyl (C=O) groups is 11. The SMILES string of the molecule is CC(=O)N[C@H]1CSSC[C@@H](C(=O)N[C@@H](CCCCN)C(=O)N2CC[C@H](C(N)=O)C2)NC(=O)[C@H](Cc2c[nH]c3ccccc23)NC(=O)[C@H](CCCN=C(N)N)NC(=O)[C@@H](Cc2ccccc2)NC(=O)[C@H](Cc2cnc[nH]2)NC(=O)[C@H](CCC(=O)O)NC1=O. The smallest absolute Gasteiger partial charge is 0.303 e. The summed E-state index contributed by atoms with van der Waals surface area (Å²) in [6.07, 6.45) is 3.98. The molecule has 9 atom stereocenters. The minimum atomic E-state index is -1.62. The average Bonchev–Trinajstić information content (AvgIpc) is 3.08. The van der Waals surface area contributed by atoms with Crippen LogP contribution in [-0.4, -0.2) is 182 Å². The molecule has 2 saturated heterocycles. The Morgan fingerprint density at radius 1 is 0.736 bits per heavy atom. The lowest BCUT2D eigenvalue weighted by atomic mass is 10.0. The predicted molar refractivity (Wildman–Crippen MR) is 324 cm³/mol. The molecular weight excluding hydrogens is 1170 g/mol. The van der Waals surface area contributed by atoms with Crippen LogP contribution in [0.25, 0.3) is 10.9 Å². The number of guanidine groups is 1. The quantitative estimate of drug-likeness (QED) is 0.0169. The number of H-pyrrole nitrogens is 2. The van der Waals surface area contributed by atoms with Crippen LogP contribution in [0.3, 0.4) is 0 Å². The van der Waals surface area contributed by atoms with Crippen LogP contribution < -0.4 is 65.5 Å². The van der Waals surface area contributed by atoms with Crippen LogP contribution in [0.1, 0.15) is 75.1 Å². The summed E-state index contributed by atoms with van der Waals surface area (Å²) in [6, 6.07) is 4.13. The maximum atomic E-state index is 15.1. The summed E-state index contributed by atoms with van der Waals surface area (Å²) in [4.78, 5) is 170. The van der Waals surface area contributed by atoms with E-state index < -0.39 is 132 Å². The molecule has 0 bridgehead atoms. The molecule has 0 spiro atoms. The van der Waals surface area contributed by atoms with E-state index in [4.69, 9.17) is 22.9 Å². The number of nitrogens with two attached hydrogens (primary N) is 4. The molecule has 29 nitrogen and oxygen atoms in total. The van der Waals surface area contributed by atoms with Gasteiger partial charge in [-0.3, -0.25) is 57.7 Å². The number of aliphatic imine (C=N–C) groups is 1. The monoisotopic (exact) mass is 1240 g/mol. The molecule has 2 aliphatic rings. The fraction of sp³-hybridized carbons (Fsp3) is 0.482. The Balaban J connectivity index is 1.44. The van der Waals surface area contributed by atoms with Crippen molar-refractivity contribution in [2.24, 2.45) is 33.8 Å². The van der Waals surface area contributed by atoms with Crippen molar-refractivity contribution in [3.05, 3.63) is 90.1 Å². The van der Waals surface area contributed by atoms with Crippen LogP contribution in [-0.2, 0) is 72.0 Å². The van der Waals surface area contributed by atoms with Gasteiger partial charge in [0.25, 0.3) is 0 Å². The minimum absolute atomic E-state index is 0.00550. The van der Waals surface area contributed by atoms with Crippen LogP contribution in [0, 0.1) is 5.92 Å². The van der Waals surface area contributed by atoms with E-state index in [2.05, 4.69) is 62.5 Å². The number of para-hydroxylation sites is 1. The van der Waals surface area contributed by atoms with E-state index in [0.29, 0.717) is 47.0 Å². The number of carboxylic acids is 1. The number of hydrogen-bond acceptors (Lipinski definition) is 16. The third-order valence-electron chi connectivity index (χ3n) is 14.5. The highest BCUT2D eigenvalue weighted by Gasteiger charge is 2.38. The number of hydrogen-bond donors (Lipinski definition) is 15. The number of aromatic nitrogens is 3. The highest BCUT2D eigenvalue weighted by atomic mass is 33.1. The second kappa shape index (κ2) is 33.8. The largest absolute Gasteiger partial charge is 0.481 e. The number of unbranched alkanes of at least 4 members (excludes halogenated alkanes) is 1. The summed E-state index contributed by atoms with van der Waals surface area (Å²) < 4.78 is 0. The van der Waals surface area contributed by atoms with E-state index in [9.17, 15) is 48.3 Å². The van der Waals surface area contributed by atoms with Crippen molar-refractivity contribution in [3.8, 4) is 0 Å². The molecule has 0 saturated carbocycles. The molecule has 10 amide bonds. The molecule has 2 fully saturated rings. The van der Waals surface area contributed by atoms with Gasteiger partial charge in [0.05, 0.1) is 12.2 Å². The zero-order valence-electron chi connectivity index (χ0n) is 48.1. The number of nitrogens with zero attached hydrogens (tertiary/aromatic N) is 3. The zero-order chi connectivity index (χ0) is 63.0.